The molecule has 0 fully saturated rings. The lowest BCUT2D eigenvalue weighted by Crippen LogP contribution is -2.36. The van der Waals surface area contributed by atoms with E-state index in [9.17, 15) is 14.4 Å². The van der Waals surface area contributed by atoms with Crippen LogP contribution in [0.3, 0.4) is 0 Å². The first-order chi connectivity index (χ1) is 12.0. The average molecular weight is 363 g/mol. The van der Waals surface area contributed by atoms with Crippen LogP contribution in [0.1, 0.15) is 32.8 Å². The molecule has 3 N–H and O–H groups in total. The number of nitrogens with one attached hydrogen (secondary N) is 2. The molecule has 0 saturated heterocycles. The van der Waals surface area contributed by atoms with Gasteiger partial charge in [-0.3, -0.25) is 9.59 Å². The van der Waals surface area contributed by atoms with Crippen LogP contribution in [0.15, 0.2) is 29.6 Å². The summed E-state index contributed by atoms with van der Waals surface area (Å²) in [7, 11) is 0. The lowest BCUT2D eigenvalue weighted by molar-refractivity contribution is -0.120. The van der Waals surface area contributed by atoms with Gasteiger partial charge >= 0.3 is 5.97 Å². The zero-order chi connectivity index (χ0) is 18.2. The van der Waals surface area contributed by atoms with Gasteiger partial charge in [0.25, 0.3) is 5.91 Å². The summed E-state index contributed by atoms with van der Waals surface area (Å²) in [6, 6.07) is 6.76. The van der Waals surface area contributed by atoms with Crippen LogP contribution in [-0.4, -0.2) is 41.0 Å². The van der Waals surface area contributed by atoms with Gasteiger partial charge in [-0.05, 0) is 19.1 Å². The SMILES string of the molecule is CCOc1ccccc1C(=O)NCC(=O)NCc1nc(C(=O)O)cs1. The largest absolute Gasteiger partial charge is 0.493 e. The van der Waals surface area contributed by atoms with Crippen molar-refractivity contribution in [3.05, 3.63) is 45.9 Å². The first-order valence-corrected chi connectivity index (χ1v) is 8.33. The van der Waals surface area contributed by atoms with Crippen LogP contribution in [0, 0.1) is 0 Å². The fraction of sp³-hybridized carbons (Fsp3) is 0.250. The lowest BCUT2D eigenvalue weighted by atomic mass is 10.2. The Balaban J connectivity index is 1.83. The van der Waals surface area contributed by atoms with Gasteiger partial charge in [-0.2, -0.15) is 0 Å². The third kappa shape index (κ3) is 5.28. The van der Waals surface area contributed by atoms with Crippen LogP contribution in [0.5, 0.6) is 5.75 Å². The molecule has 0 radical (unpaired) electrons. The van der Waals surface area contributed by atoms with E-state index in [4.69, 9.17) is 9.84 Å². The molecule has 0 aliphatic rings. The van der Waals surface area contributed by atoms with Crippen molar-refractivity contribution in [1.82, 2.24) is 15.6 Å². The first kappa shape index (κ1) is 18.4. The van der Waals surface area contributed by atoms with Crippen molar-refractivity contribution in [1.29, 1.82) is 0 Å². The number of para-hydroxylation sites is 1. The maximum absolute atomic E-state index is 12.2. The molecule has 8 nitrogen and oxygen atoms in total. The van der Waals surface area contributed by atoms with Gasteiger partial charge in [0.05, 0.1) is 25.3 Å². The van der Waals surface area contributed by atoms with E-state index in [1.54, 1.807) is 24.3 Å². The Labute approximate surface area is 147 Å². The van der Waals surface area contributed by atoms with Gasteiger partial charge in [-0.15, -0.1) is 11.3 Å². The highest BCUT2D eigenvalue weighted by Crippen LogP contribution is 2.17. The first-order valence-electron chi connectivity index (χ1n) is 7.45. The van der Waals surface area contributed by atoms with E-state index >= 15 is 0 Å². The fourth-order valence-electron chi connectivity index (χ4n) is 1.92. The number of carbonyl (C=O) groups excluding carboxylic acids is 2. The number of amides is 2. The third-order valence-electron chi connectivity index (χ3n) is 3.05. The Kier molecular flexibility index (Phi) is 6.47. The molecule has 0 aliphatic heterocycles. The molecule has 2 aromatic rings. The number of aromatic carboxylic acids is 1. The quantitative estimate of drug-likeness (QED) is 0.650. The summed E-state index contributed by atoms with van der Waals surface area (Å²) in [6.07, 6.45) is 0. The van der Waals surface area contributed by atoms with Crippen LogP contribution in [0.2, 0.25) is 0 Å². The van der Waals surface area contributed by atoms with Crippen molar-refractivity contribution in [3.63, 3.8) is 0 Å². The summed E-state index contributed by atoms with van der Waals surface area (Å²) in [4.78, 5) is 38.6. The minimum atomic E-state index is -1.12. The second-order valence-corrected chi connectivity index (χ2v) is 5.76. The van der Waals surface area contributed by atoms with Gasteiger partial charge in [0.2, 0.25) is 5.91 Å². The van der Waals surface area contributed by atoms with Crippen molar-refractivity contribution < 1.29 is 24.2 Å². The molecule has 0 spiro atoms. The minimum absolute atomic E-state index is 0.0601. The summed E-state index contributed by atoms with van der Waals surface area (Å²) >= 11 is 1.14. The maximum atomic E-state index is 12.2. The van der Waals surface area contributed by atoms with Crippen LogP contribution < -0.4 is 15.4 Å². The number of nitrogens with zero attached hydrogens (tertiary/aromatic N) is 1. The zero-order valence-corrected chi connectivity index (χ0v) is 14.3. The molecule has 25 heavy (non-hydrogen) atoms. The lowest BCUT2D eigenvalue weighted by Gasteiger charge is -2.10. The van der Waals surface area contributed by atoms with E-state index in [1.807, 2.05) is 6.92 Å². The highest BCUT2D eigenvalue weighted by atomic mass is 32.1. The molecule has 9 heteroatoms. The van der Waals surface area contributed by atoms with Gasteiger partial charge in [0.1, 0.15) is 10.8 Å². The molecule has 1 aromatic carbocycles. The van der Waals surface area contributed by atoms with Gasteiger partial charge in [-0.1, -0.05) is 12.1 Å². The number of hydrogen-bond acceptors (Lipinski definition) is 6. The molecule has 0 unspecified atom stereocenters. The molecule has 1 heterocycles. The standard InChI is InChI=1S/C16H17N3O5S/c1-2-24-12-6-4-3-5-10(12)15(21)18-7-13(20)17-8-14-19-11(9-25-14)16(22)23/h3-6,9H,2,7-8H2,1H3,(H,17,20)(H,18,21)(H,22,23). The summed E-state index contributed by atoms with van der Waals surface area (Å²) in [5.74, 6) is -1.49. The Morgan fingerprint density at radius 2 is 2.00 bits per heavy atom. The molecule has 0 saturated carbocycles. The van der Waals surface area contributed by atoms with Crippen LogP contribution in [0.25, 0.3) is 0 Å². The second-order valence-electron chi connectivity index (χ2n) is 4.82. The summed E-state index contributed by atoms with van der Waals surface area (Å²) in [5.41, 5.74) is 0.290. The van der Waals surface area contributed by atoms with Crippen molar-refractivity contribution in [2.45, 2.75) is 13.5 Å². The number of rotatable bonds is 8. The Morgan fingerprint density at radius 1 is 1.24 bits per heavy atom. The van der Waals surface area contributed by atoms with Crippen LogP contribution in [0.4, 0.5) is 0 Å². The Hall–Kier alpha value is -2.94. The predicted octanol–water partition coefficient (Wildman–Crippen LogP) is 1.29. The minimum Gasteiger partial charge on any atom is -0.493 e. The zero-order valence-electron chi connectivity index (χ0n) is 13.4. The molecule has 1 aromatic heterocycles. The molecule has 132 valence electrons. The molecule has 2 amide bonds. The number of thiazole rings is 1. The molecule has 2 rings (SSSR count). The smallest absolute Gasteiger partial charge is 0.355 e. The second kappa shape index (κ2) is 8.78. The summed E-state index contributed by atoms with van der Waals surface area (Å²) in [6.45, 7) is 2.13. The van der Waals surface area contributed by atoms with Crippen molar-refractivity contribution in [3.8, 4) is 5.75 Å². The molecule has 0 atom stereocenters. The third-order valence-corrected chi connectivity index (χ3v) is 3.90. The number of benzene rings is 1. The molecule has 0 bridgehead atoms. The van der Waals surface area contributed by atoms with E-state index in [1.165, 1.54) is 5.38 Å². The Bertz CT molecular complexity index is 775. The van der Waals surface area contributed by atoms with Gasteiger partial charge in [0.15, 0.2) is 5.69 Å². The van der Waals surface area contributed by atoms with Gasteiger partial charge in [-0.25, -0.2) is 9.78 Å². The number of ether oxygens (including phenoxy) is 1. The van der Waals surface area contributed by atoms with Crippen LogP contribution >= 0.6 is 11.3 Å². The highest BCUT2D eigenvalue weighted by Gasteiger charge is 2.13. The number of carboxylic acid groups (broad SMARTS) is 1. The normalized spacial score (nSPS) is 10.1. The molecular weight excluding hydrogens is 346 g/mol. The van der Waals surface area contributed by atoms with E-state index in [2.05, 4.69) is 15.6 Å². The van der Waals surface area contributed by atoms with Gasteiger partial charge < -0.3 is 20.5 Å². The molecular formula is C16H17N3O5S. The monoisotopic (exact) mass is 363 g/mol. The number of carboxylic acids is 1. The fourth-order valence-corrected chi connectivity index (χ4v) is 2.63. The summed E-state index contributed by atoms with van der Waals surface area (Å²) in [5, 5.41) is 15.7. The van der Waals surface area contributed by atoms with Crippen molar-refractivity contribution in [2.75, 3.05) is 13.2 Å². The van der Waals surface area contributed by atoms with E-state index in [0.29, 0.717) is 22.9 Å². The van der Waals surface area contributed by atoms with Crippen LogP contribution in [-0.2, 0) is 11.3 Å². The number of carbonyl (C=O) groups is 3. The van der Waals surface area contributed by atoms with Crippen molar-refractivity contribution >= 4 is 29.1 Å². The average Bonchev–Trinajstić information content (AvgIpc) is 3.08. The molecule has 0 aliphatic carbocycles. The van der Waals surface area contributed by atoms with Gasteiger partial charge in [0, 0.05) is 5.38 Å². The van der Waals surface area contributed by atoms with E-state index < -0.39 is 17.8 Å². The number of aromatic nitrogens is 1. The van der Waals surface area contributed by atoms with Crippen molar-refractivity contribution in [2.24, 2.45) is 0 Å². The maximum Gasteiger partial charge on any atom is 0.355 e. The predicted molar refractivity (Wildman–Crippen MR) is 90.9 cm³/mol. The highest BCUT2D eigenvalue weighted by molar-refractivity contribution is 7.09. The topological polar surface area (TPSA) is 118 Å². The van der Waals surface area contributed by atoms with E-state index in [0.717, 1.165) is 11.3 Å². The summed E-state index contributed by atoms with van der Waals surface area (Å²) < 4.78 is 5.38. The number of hydrogen-bond donors (Lipinski definition) is 3. The Morgan fingerprint density at radius 3 is 2.68 bits per heavy atom. The van der Waals surface area contributed by atoms with E-state index in [-0.39, 0.29) is 18.8 Å².